The number of hydrogen-bond donors (Lipinski definition) is 1. The van der Waals surface area contributed by atoms with Crippen LogP contribution in [0.4, 0.5) is 0 Å². The molecule has 3 rings (SSSR count). The molecule has 5 heteroatoms. The zero-order chi connectivity index (χ0) is 21.7. The van der Waals surface area contributed by atoms with Gasteiger partial charge in [-0.2, -0.15) is 0 Å². The fourth-order valence-corrected chi connectivity index (χ4v) is 3.85. The largest absolute Gasteiger partial charge is 0.496 e. The van der Waals surface area contributed by atoms with Gasteiger partial charge in [-0.15, -0.1) is 0 Å². The molecule has 2 aliphatic rings. The fraction of sp³-hybridized carbons (Fsp3) is 0.440. The van der Waals surface area contributed by atoms with Crippen LogP contribution in [0.5, 0.6) is 5.75 Å². The van der Waals surface area contributed by atoms with Crippen LogP contribution in [0.25, 0.3) is 6.08 Å². The second-order valence-corrected chi connectivity index (χ2v) is 8.04. The average molecular weight is 408 g/mol. The van der Waals surface area contributed by atoms with Gasteiger partial charge in [0.2, 0.25) is 0 Å². The van der Waals surface area contributed by atoms with Crippen molar-refractivity contribution in [1.29, 1.82) is 0 Å². The second-order valence-electron chi connectivity index (χ2n) is 8.04. The number of aliphatic hydroxyl groups is 1. The van der Waals surface area contributed by atoms with Crippen molar-refractivity contribution in [2.75, 3.05) is 13.7 Å². The van der Waals surface area contributed by atoms with Crippen molar-refractivity contribution in [3.05, 3.63) is 46.5 Å². The van der Waals surface area contributed by atoms with Gasteiger partial charge in [0, 0.05) is 12.6 Å². The maximum atomic E-state index is 12.8. The summed E-state index contributed by atoms with van der Waals surface area (Å²) in [5.41, 5.74) is 2.22. The molecule has 0 unspecified atom stereocenters. The number of methoxy groups -OCH3 is 1. The molecule has 0 aromatic heterocycles. The monoisotopic (exact) mass is 407 g/mol. The Hall–Kier alpha value is -2.84. The molecule has 1 fully saturated rings. The molecular formula is C25H29NO4. The van der Waals surface area contributed by atoms with E-state index in [0.29, 0.717) is 25.8 Å². The third-order valence-corrected chi connectivity index (χ3v) is 5.83. The summed E-state index contributed by atoms with van der Waals surface area (Å²) in [6.07, 6.45) is 9.67. The van der Waals surface area contributed by atoms with Crippen molar-refractivity contribution in [2.45, 2.75) is 58.0 Å². The zero-order valence-electron chi connectivity index (χ0n) is 18.0. The van der Waals surface area contributed by atoms with Crippen molar-refractivity contribution >= 4 is 17.9 Å². The number of hydrogen-bond acceptors (Lipinski definition) is 4. The van der Waals surface area contributed by atoms with Gasteiger partial charge in [0.1, 0.15) is 11.4 Å². The van der Waals surface area contributed by atoms with Crippen LogP contribution in [-0.4, -0.2) is 41.1 Å². The topological polar surface area (TPSA) is 66.8 Å². The summed E-state index contributed by atoms with van der Waals surface area (Å²) in [6, 6.07) is 3.84. The lowest BCUT2D eigenvalue weighted by Gasteiger charge is -2.27. The normalized spacial score (nSPS) is 18.6. The number of nitrogens with zero attached hydrogens (tertiary/aromatic N) is 1. The van der Waals surface area contributed by atoms with Crippen LogP contribution >= 0.6 is 0 Å². The average Bonchev–Trinajstić information content (AvgIpc) is 2.74. The minimum atomic E-state index is -1.02. The molecule has 158 valence electrons. The van der Waals surface area contributed by atoms with E-state index in [0.717, 1.165) is 41.7 Å². The predicted octanol–water partition coefficient (Wildman–Crippen LogP) is 3.71. The van der Waals surface area contributed by atoms with E-state index in [2.05, 4.69) is 11.8 Å². The highest BCUT2D eigenvalue weighted by Gasteiger charge is 2.28. The van der Waals surface area contributed by atoms with Gasteiger partial charge in [-0.1, -0.05) is 30.4 Å². The summed E-state index contributed by atoms with van der Waals surface area (Å²) in [6.45, 7) is 4.30. The fourth-order valence-electron chi connectivity index (χ4n) is 3.85. The first kappa shape index (κ1) is 21.9. The van der Waals surface area contributed by atoms with Crippen LogP contribution < -0.4 is 4.74 Å². The van der Waals surface area contributed by atoms with Crippen molar-refractivity contribution < 1.29 is 19.4 Å². The van der Waals surface area contributed by atoms with Crippen LogP contribution in [0.15, 0.2) is 29.9 Å². The Morgan fingerprint density at radius 1 is 1.23 bits per heavy atom. The number of amides is 2. The first-order valence-corrected chi connectivity index (χ1v) is 10.5. The molecule has 30 heavy (non-hydrogen) atoms. The van der Waals surface area contributed by atoms with E-state index in [1.54, 1.807) is 19.3 Å². The number of ether oxygens (including phenoxy) is 1. The molecule has 1 N–H and O–H groups in total. The molecule has 0 radical (unpaired) electrons. The van der Waals surface area contributed by atoms with Gasteiger partial charge >= 0.3 is 0 Å². The molecular weight excluding hydrogens is 378 g/mol. The Morgan fingerprint density at radius 3 is 2.67 bits per heavy atom. The summed E-state index contributed by atoms with van der Waals surface area (Å²) in [4.78, 5) is 26.6. The van der Waals surface area contributed by atoms with Crippen molar-refractivity contribution in [1.82, 2.24) is 4.90 Å². The lowest BCUT2D eigenvalue weighted by Crippen LogP contribution is -2.39. The van der Waals surface area contributed by atoms with Gasteiger partial charge in [-0.3, -0.25) is 14.5 Å². The van der Waals surface area contributed by atoms with Crippen LogP contribution in [0.2, 0.25) is 0 Å². The minimum Gasteiger partial charge on any atom is -0.496 e. The molecule has 1 aliphatic carbocycles. The molecule has 1 aromatic rings. The van der Waals surface area contributed by atoms with Crippen LogP contribution in [0.1, 0.15) is 55.2 Å². The smallest absolute Gasteiger partial charge is 0.268 e. The Morgan fingerprint density at radius 2 is 1.97 bits per heavy atom. The molecule has 0 atom stereocenters. The Labute approximate surface area is 178 Å². The highest BCUT2D eigenvalue weighted by Crippen LogP contribution is 2.27. The third-order valence-electron chi connectivity index (χ3n) is 5.83. The highest BCUT2D eigenvalue weighted by atomic mass is 16.5. The van der Waals surface area contributed by atoms with Gasteiger partial charge in [0.05, 0.1) is 12.7 Å². The molecule has 1 saturated carbocycles. The van der Waals surface area contributed by atoms with Gasteiger partial charge in [0.25, 0.3) is 11.8 Å². The first-order valence-electron chi connectivity index (χ1n) is 10.5. The molecule has 0 spiro atoms. The molecule has 0 saturated heterocycles. The quantitative estimate of drug-likeness (QED) is 0.613. The summed E-state index contributed by atoms with van der Waals surface area (Å²) in [5.74, 6) is 5.72. The van der Waals surface area contributed by atoms with Gasteiger partial charge in [-0.25, -0.2) is 0 Å². The molecule has 1 aliphatic heterocycles. The number of carbonyl (C=O) groups excluding carboxylic acids is 2. The maximum Gasteiger partial charge on any atom is 0.268 e. The summed E-state index contributed by atoms with van der Waals surface area (Å²) < 4.78 is 5.38. The number of benzene rings is 1. The first-order chi connectivity index (χ1) is 14.3. The molecule has 5 nitrogen and oxygen atoms in total. The number of rotatable bonds is 3. The van der Waals surface area contributed by atoms with Gasteiger partial charge < -0.3 is 9.84 Å². The zero-order valence-corrected chi connectivity index (χ0v) is 18.0. The highest BCUT2D eigenvalue weighted by molar-refractivity contribution is 6.11. The Balaban J connectivity index is 1.72. The SMILES string of the molecule is COc1cc(/C=C/C(=O)N2CCC=C(C#CC3(O)CCCCC3)C2=O)cc(C)c1C. The Kier molecular flexibility index (Phi) is 6.79. The number of imide groups is 1. The van der Waals surface area contributed by atoms with E-state index in [4.69, 9.17) is 4.74 Å². The van der Waals surface area contributed by atoms with Crippen LogP contribution in [-0.2, 0) is 9.59 Å². The Bertz CT molecular complexity index is 955. The van der Waals surface area contributed by atoms with E-state index in [9.17, 15) is 14.7 Å². The van der Waals surface area contributed by atoms with Crippen molar-refractivity contribution in [3.63, 3.8) is 0 Å². The molecule has 1 heterocycles. The summed E-state index contributed by atoms with van der Waals surface area (Å²) >= 11 is 0. The molecule has 2 amide bonds. The van der Waals surface area contributed by atoms with Crippen molar-refractivity contribution in [3.8, 4) is 17.6 Å². The van der Waals surface area contributed by atoms with Gasteiger partial charge in [-0.05, 0) is 74.8 Å². The van der Waals surface area contributed by atoms with E-state index in [1.807, 2.05) is 26.0 Å². The van der Waals surface area contributed by atoms with E-state index < -0.39 is 11.5 Å². The minimum absolute atomic E-state index is 0.287. The van der Waals surface area contributed by atoms with Gasteiger partial charge in [0.15, 0.2) is 0 Å². The predicted molar refractivity (Wildman–Crippen MR) is 117 cm³/mol. The third kappa shape index (κ3) is 5.01. The second kappa shape index (κ2) is 9.32. The molecule has 0 bridgehead atoms. The number of carbonyl (C=O) groups is 2. The standard InChI is InChI=1S/C25H29NO4/c1-18-16-20(17-22(30-3)19(18)2)9-10-23(27)26-15-7-8-21(24(26)28)11-14-25(29)12-5-4-6-13-25/h8-10,16-17,29H,4-7,12-13,15H2,1-3H3/b10-9+. The maximum absolute atomic E-state index is 12.8. The van der Waals surface area contributed by atoms with E-state index >= 15 is 0 Å². The van der Waals surface area contributed by atoms with Crippen LogP contribution in [0.3, 0.4) is 0 Å². The lowest BCUT2D eigenvalue weighted by atomic mass is 9.85. The number of aryl methyl sites for hydroxylation is 1. The van der Waals surface area contributed by atoms with E-state index in [1.165, 1.54) is 11.0 Å². The summed E-state index contributed by atoms with van der Waals surface area (Å²) in [5, 5.41) is 10.5. The van der Waals surface area contributed by atoms with Crippen LogP contribution in [0, 0.1) is 25.7 Å². The van der Waals surface area contributed by atoms with E-state index in [-0.39, 0.29) is 11.5 Å². The lowest BCUT2D eigenvalue weighted by molar-refractivity contribution is -0.139. The van der Waals surface area contributed by atoms with Crippen molar-refractivity contribution in [2.24, 2.45) is 0 Å². The molecule has 1 aromatic carbocycles. The summed E-state index contributed by atoms with van der Waals surface area (Å²) in [7, 11) is 1.62.